The third kappa shape index (κ3) is 2.22. The molecule has 1 amide bonds. The van der Waals surface area contributed by atoms with Gasteiger partial charge < -0.3 is 14.6 Å². The fraction of sp³-hybridized carbons (Fsp3) is 0.385. The van der Waals surface area contributed by atoms with Crippen molar-refractivity contribution in [2.45, 2.75) is 6.42 Å². The number of carbonyl (C=O) groups excluding carboxylic acids is 1. The van der Waals surface area contributed by atoms with Gasteiger partial charge in [-0.3, -0.25) is 4.79 Å². The van der Waals surface area contributed by atoms with Gasteiger partial charge in [-0.05, 0) is 17.7 Å². The monoisotopic (exact) mass is 245 g/mol. The van der Waals surface area contributed by atoms with Crippen LogP contribution in [0.2, 0.25) is 0 Å². The maximum absolute atomic E-state index is 12.1. The van der Waals surface area contributed by atoms with Gasteiger partial charge in [-0.2, -0.15) is 0 Å². The summed E-state index contributed by atoms with van der Waals surface area (Å²) in [5, 5.41) is 3.24. The van der Waals surface area contributed by atoms with Crippen molar-refractivity contribution in [2.75, 3.05) is 26.2 Å². The Morgan fingerprint density at radius 3 is 3.06 bits per heavy atom. The zero-order chi connectivity index (χ0) is 12.4. The number of aromatic nitrogens is 1. The Morgan fingerprint density at radius 1 is 1.39 bits per heavy atom. The van der Waals surface area contributed by atoms with Crippen LogP contribution in [-0.4, -0.2) is 42.0 Å². The summed E-state index contributed by atoms with van der Waals surface area (Å²) in [5.74, 6) is 0.176. The van der Waals surface area contributed by atoms with Gasteiger partial charge in [0, 0.05) is 26.2 Å². The molecule has 0 bridgehead atoms. The Hall–Kier alpha value is -1.88. The Morgan fingerprint density at radius 2 is 2.22 bits per heavy atom. The molecule has 0 unspecified atom stereocenters. The van der Waals surface area contributed by atoms with Gasteiger partial charge in [0.2, 0.25) is 5.91 Å². The Bertz CT molecular complexity index is 558. The van der Waals surface area contributed by atoms with Gasteiger partial charge in [0.15, 0.2) is 12.0 Å². The van der Waals surface area contributed by atoms with Crippen LogP contribution in [0.3, 0.4) is 0 Å². The number of carbonyl (C=O) groups is 1. The summed E-state index contributed by atoms with van der Waals surface area (Å²) in [4.78, 5) is 18.1. The molecule has 2 heterocycles. The third-order valence-electron chi connectivity index (χ3n) is 3.22. The molecule has 0 radical (unpaired) electrons. The predicted molar refractivity (Wildman–Crippen MR) is 67.2 cm³/mol. The highest BCUT2D eigenvalue weighted by Gasteiger charge is 2.16. The second-order valence-electron chi connectivity index (χ2n) is 4.46. The van der Waals surface area contributed by atoms with E-state index in [0.29, 0.717) is 6.42 Å². The highest BCUT2D eigenvalue weighted by atomic mass is 16.3. The van der Waals surface area contributed by atoms with E-state index < -0.39 is 0 Å². The van der Waals surface area contributed by atoms with Crippen LogP contribution in [0.25, 0.3) is 11.1 Å². The average Bonchev–Trinajstić information content (AvgIpc) is 2.87. The lowest BCUT2D eigenvalue weighted by molar-refractivity contribution is -0.131. The zero-order valence-corrected chi connectivity index (χ0v) is 10.1. The van der Waals surface area contributed by atoms with Crippen LogP contribution < -0.4 is 5.32 Å². The Kier molecular flexibility index (Phi) is 2.98. The molecular formula is C13H15N3O2. The molecule has 0 atom stereocenters. The lowest BCUT2D eigenvalue weighted by Crippen LogP contribution is -2.46. The molecule has 1 aromatic heterocycles. The molecule has 5 nitrogen and oxygen atoms in total. The minimum absolute atomic E-state index is 0.176. The summed E-state index contributed by atoms with van der Waals surface area (Å²) in [5.41, 5.74) is 2.54. The van der Waals surface area contributed by atoms with E-state index in [2.05, 4.69) is 10.3 Å². The maximum atomic E-state index is 12.1. The molecule has 1 saturated heterocycles. The number of hydrogen-bond donors (Lipinski definition) is 1. The van der Waals surface area contributed by atoms with Crippen molar-refractivity contribution in [1.29, 1.82) is 0 Å². The van der Waals surface area contributed by atoms with Gasteiger partial charge in [-0.15, -0.1) is 0 Å². The number of amides is 1. The molecule has 94 valence electrons. The van der Waals surface area contributed by atoms with Crippen molar-refractivity contribution in [3.05, 3.63) is 30.2 Å². The first-order chi connectivity index (χ1) is 8.83. The van der Waals surface area contributed by atoms with Gasteiger partial charge in [0.25, 0.3) is 0 Å². The van der Waals surface area contributed by atoms with Crippen LogP contribution in [0.5, 0.6) is 0 Å². The molecule has 1 fully saturated rings. The minimum atomic E-state index is 0.176. The summed E-state index contributed by atoms with van der Waals surface area (Å²) < 4.78 is 5.24. The molecule has 1 N–H and O–H groups in total. The standard InChI is InChI=1S/C13H15N3O2/c17-13(16-5-3-14-4-6-16)8-10-1-2-11-12(7-10)18-9-15-11/h1-2,7,9,14H,3-6,8H2. The highest BCUT2D eigenvalue weighted by molar-refractivity contribution is 5.81. The summed E-state index contributed by atoms with van der Waals surface area (Å²) >= 11 is 0. The molecule has 1 aromatic carbocycles. The smallest absolute Gasteiger partial charge is 0.227 e. The van der Waals surface area contributed by atoms with Crippen LogP contribution in [-0.2, 0) is 11.2 Å². The first kappa shape index (κ1) is 11.2. The van der Waals surface area contributed by atoms with Crippen molar-refractivity contribution in [2.24, 2.45) is 0 Å². The quantitative estimate of drug-likeness (QED) is 0.850. The number of piperazine rings is 1. The van der Waals surface area contributed by atoms with E-state index >= 15 is 0 Å². The van der Waals surface area contributed by atoms with Crippen LogP contribution in [0.15, 0.2) is 29.0 Å². The molecule has 3 rings (SSSR count). The van der Waals surface area contributed by atoms with Crippen molar-refractivity contribution in [3.63, 3.8) is 0 Å². The van der Waals surface area contributed by atoms with Crippen molar-refractivity contribution in [3.8, 4) is 0 Å². The molecule has 1 aliphatic rings. The van der Waals surface area contributed by atoms with Crippen LogP contribution >= 0.6 is 0 Å². The number of nitrogens with one attached hydrogen (secondary N) is 1. The van der Waals surface area contributed by atoms with Crippen molar-refractivity contribution >= 4 is 17.0 Å². The lowest BCUT2D eigenvalue weighted by Gasteiger charge is -2.27. The number of benzene rings is 1. The largest absolute Gasteiger partial charge is 0.443 e. The number of hydrogen-bond acceptors (Lipinski definition) is 4. The van der Waals surface area contributed by atoms with Gasteiger partial charge in [0.05, 0.1) is 6.42 Å². The van der Waals surface area contributed by atoms with E-state index in [1.807, 2.05) is 23.1 Å². The van der Waals surface area contributed by atoms with Crippen LogP contribution in [0.1, 0.15) is 5.56 Å². The molecule has 1 aliphatic heterocycles. The highest BCUT2D eigenvalue weighted by Crippen LogP contribution is 2.15. The lowest BCUT2D eigenvalue weighted by atomic mass is 10.1. The molecular weight excluding hydrogens is 230 g/mol. The SMILES string of the molecule is O=C(Cc1ccc2ncoc2c1)N1CCNCC1. The van der Waals surface area contributed by atoms with Gasteiger partial charge in [0.1, 0.15) is 5.52 Å². The van der Waals surface area contributed by atoms with Gasteiger partial charge in [-0.1, -0.05) is 6.07 Å². The van der Waals surface area contributed by atoms with Crippen molar-refractivity contribution in [1.82, 2.24) is 15.2 Å². The van der Waals surface area contributed by atoms with E-state index in [4.69, 9.17) is 4.42 Å². The number of nitrogens with zero attached hydrogens (tertiary/aromatic N) is 2. The van der Waals surface area contributed by atoms with E-state index in [1.54, 1.807) is 0 Å². The Balaban J connectivity index is 1.72. The first-order valence-corrected chi connectivity index (χ1v) is 6.13. The molecule has 0 saturated carbocycles. The predicted octanol–water partition coefficient (Wildman–Crippen LogP) is 0.802. The maximum Gasteiger partial charge on any atom is 0.227 e. The molecule has 5 heteroatoms. The number of oxazole rings is 1. The fourth-order valence-corrected chi connectivity index (χ4v) is 2.21. The van der Waals surface area contributed by atoms with Crippen molar-refractivity contribution < 1.29 is 9.21 Å². The van der Waals surface area contributed by atoms with Gasteiger partial charge in [-0.25, -0.2) is 4.98 Å². The number of fused-ring (bicyclic) bond motifs is 1. The third-order valence-corrected chi connectivity index (χ3v) is 3.22. The first-order valence-electron chi connectivity index (χ1n) is 6.13. The van der Waals surface area contributed by atoms with E-state index in [1.165, 1.54) is 6.39 Å². The summed E-state index contributed by atoms with van der Waals surface area (Å²) in [6.45, 7) is 3.35. The normalized spacial score (nSPS) is 16.1. The average molecular weight is 245 g/mol. The molecule has 0 spiro atoms. The fourth-order valence-electron chi connectivity index (χ4n) is 2.21. The van der Waals surface area contributed by atoms with Crippen LogP contribution in [0, 0.1) is 0 Å². The van der Waals surface area contributed by atoms with E-state index in [0.717, 1.165) is 42.8 Å². The van der Waals surface area contributed by atoms with E-state index in [-0.39, 0.29) is 5.91 Å². The Labute approximate surface area is 105 Å². The van der Waals surface area contributed by atoms with E-state index in [9.17, 15) is 4.79 Å². The zero-order valence-electron chi connectivity index (χ0n) is 10.1. The minimum Gasteiger partial charge on any atom is -0.443 e. The van der Waals surface area contributed by atoms with Crippen LogP contribution in [0.4, 0.5) is 0 Å². The van der Waals surface area contributed by atoms with Gasteiger partial charge >= 0.3 is 0 Å². The summed E-state index contributed by atoms with van der Waals surface area (Å²) in [7, 11) is 0. The topological polar surface area (TPSA) is 58.4 Å². The molecule has 0 aliphatic carbocycles. The molecule has 18 heavy (non-hydrogen) atoms. The second-order valence-corrected chi connectivity index (χ2v) is 4.46. The molecule has 2 aromatic rings. The second kappa shape index (κ2) is 4.78. The summed E-state index contributed by atoms with van der Waals surface area (Å²) in [6, 6.07) is 5.71. The number of rotatable bonds is 2. The summed E-state index contributed by atoms with van der Waals surface area (Å²) in [6.07, 6.45) is 1.85.